The fourth-order valence-corrected chi connectivity index (χ4v) is 1.61. The van der Waals surface area contributed by atoms with Gasteiger partial charge in [0.15, 0.2) is 0 Å². The molecule has 108 valence electrons. The predicted octanol–water partition coefficient (Wildman–Crippen LogP) is -0.109. The molecule has 7 nitrogen and oxygen atoms in total. The topological polar surface area (TPSA) is 119 Å². The molecular weight excluding hydrogens is 264 g/mol. The smallest absolute Gasteiger partial charge is 0.326 e. The Hall–Kier alpha value is -2.41. The van der Waals surface area contributed by atoms with Gasteiger partial charge in [-0.3, -0.25) is 9.59 Å². The van der Waals surface area contributed by atoms with Gasteiger partial charge in [-0.25, -0.2) is 4.79 Å². The van der Waals surface area contributed by atoms with Gasteiger partial charge in [0.1, 0.15) is 6.04 Å². The summed E-state index contributed by atoms with van der Waals surface area (Å²) in [5.74, 6) is -2.70. The lowest BCUT2D eigenvalue weighted by molar-refractivity contribution is -0.140. The SMILES string of the molecule is COCc1cccc(C(=O)NC(CC(N)=O)C(=O)O)c1. The van der Waals surface area contributed by atoms with Crippen LogP contribution in [0.5, 0.6) is 0 Å². The molecule has 0 aliphatic rings. The number of primary amides is 1. The van der Waals surface area contributed by atoms with Crippen LogP contribution in [0.2, 0.25) is 0 Å². The maximum atomic E-state index is 11.9. The highest BCUT2D eigenvalue weighted by Crippen LogP contribution is 2.07. The average Bonchev–Trinajstić information content (AvgIpc) is 2.38. The Labute approximate surface area is 115 Å². The van der Waals surface area contributed by atoms with E-state index in [0.717, 1.165) is 5.56 Å². The van der Waals surface area contributed by atoms with Crippen LogP contribution in [0.25, 0.3) is 0 Å². The van der Waals surface area contributed by atoms with Crippen molar-refractivity contribution in [3.8, 4) is 0 Å². The van der Waals surface area contributed by atoms with Crippen LogP contribution in [-0.2, 0) is 20.9 Å². The minimum atomic E-state index is -1.34. The number of methoxy groups -OCH3 is 1. The van der Waals surface area contributed by atoms with E-state index in [1.165, 1.54) is 13.2 Å². The number of carboxylic acids is 1. The normalized spacial score (nSPS) is 11.7. The zero-order chi connectivity index (χ0) is 15.1. The Kier molecular flexibility index (Phi) is 5.67. The maximum absolute atomic E-state index is 11.9. The van der Waals surface area contributed by atoms with Crippen LogP contribution in [0.3, 0.4) is 0 Å². The summed E-state index contributed by atoms with van der Waals surface area (Å²) in [5.41, 5.74) is 6.01. The average molecular weight is 280 g/mol. The van der Waals surface area contributed by atoms with E-state index in [0.29, 0.717) is 6.61 Å². The number of rotatable bonds is 7. The van der Waals surface area contributed by atoms with Gasteiger partial charge in [0, 0.05) is 12.7 Å². The maximum Gasteiger partial charge on any atom is 0.326 e. The molecule has 0 aromatic heterocycles. The van der Waals surface area contributed by atoms with Crippen molar-refractivity contribution < 1.29 is 24.2 Å². The van der Waals surface area contributed by atoms with Gasteiger partial charge in [-0.15, -0.1) is 0 Å². The summed E-state index contributed by atoms with van der Waals surface area (Å²) < 4.78 is 4.95. The summed E-state index contributed by atoms with van der Waals surface area (Å²) in [6, 6.07) is 5.22. The lowest BCUT2D eigenvalue weighted by Crippen LogP contribution is -2.43. The van der Waals surface area contributed by atoms with Crippen LogP contribution in [0.1, 0.15) is 22.3 Å². The molecule has 0 spiro atoms. The standard InChI is InChI=1S/C13H16N2O5/c1-20-7-8-3-2-4-9(5-8)12(17)15-10(13(18)19)6-11(14)16/h2-5,10H,6-7H2,1H3,(H2,14,16)(H,15,17)(H,18,19). The summed E-state index contributed by atoms with van der Waals surface area (Å²) in [7, 11) is 1.53. The Morgan fingerprint density at radius 3 is 2.65 bits per heavy atom. The molecule has 0 saturated carbocycles. The quantitative estimate of drug-likeness (QED) is 0.644. The lowest BCUT2D eigenvalue weighted by atomic mass is 10.1. The number of carbonyl (C=O) groups is 3. The molecule has 0 aliphatic carbocycles. The molecule has 0 heterocycles. The highest BCUT2D eigenvalue weighted by molar-refractivity contribution is 5.97. The van der Waals surface area contributed by atoms with Crippen LogP contribution in [0, 0.1) is 0 Å². The summed E-state index contributed by atoms with van der Waals surface area (Å²) >= 11 is 0. The Morgan fingerprint density at radius 1 is 1.40 bits per heavy atom. The first kappa shape index (κ1) is 15.6. The number of aliphatic carboxylic acids is 1. The van der Waals surface area contributed by atoms with Crippen molar-refractivity contribution in [2.24, 2.45) is 5.73 Å². The molecule has 1 aromatic rings. The zero-order valence-corrected chi connectivity index (χ0v) is 11.0. The van der Waals surface area contributed by atoms with E-state index in [1.807, 2.05) is 0 Å². The third-order valence-electron chi connectivity index (χ3n) is 2.51. The van der Waals surface area contributed by atoms with Crippen molar-refractivity contribution in [3.05, 3.63) is 35.4 Å². The molecule has 0 radical (unpaired) electrons. The molecule has 7 heteroatoms. The minimum absolute atomic E-state index is 0.287. The summed E-state index contributed by atoms with van der Waals surface area (Å²) in [5, 5.41) is 11.2. The van der Waals surface area contributed by atoms with E-state index in [-0.39, 0.29) is 5.56 Å². The van der Waals surface area contributed by atoms with E-state index in [1.54, 1.807) is 18.2 Å². The van der Waals surface area contributed by atoms with Gasteiger partial charge in [0.25, 0.3) is 5.91 Å². The molecular formula is C13H16N2O5. The van der Waals surface area contributed by atoms with E-state index in [2.05, 4.69) is 5.32 Å². The van der Waals surface area contributed by atoms with Gasteiger partial charge in [-0.2, -0.15) is 0 Å². The second-order valence-electron chi connectivity index (χ2n) is 4.17. The third-order valence-corrected chi connectivity index (χ3v) is 2.51. The van der Waals surface area contributed by atoms with Gasteiger partial charge < -0.3 is 20.9 Å². The van der Waals surface area contributed by atoms with Gasteiger partial charge in [0.2, 0.25) is 5.91 Å². The number of carboxylic acid groups (broad SMARTS) is 1. The highest BCUT2D eigenvalue weighted by Gasteiger charge is 2.22. The van der Waals surface area contributed by atoms with Crippen molar-refractivity contribution in [1.29, 1.82) is 0 Å². The molecule has 4 N–H and O–H groups in total. The van der Waals surface area contributed by atoms with Crippen LogP contribution in [0.4, 0.5) is 0 Å². The number of benzene rings is 1. The number of amides is 2. The van der Waals surface area contributed by atoms with Crippen LogP contribution < -0.4 is 11.1 Å². The number of nitrogens with one attached hydrogen (secondary N) is 1. The Bertz CT molecular complexity index is 515. The number of hydrogen-bond acceptors (Lipinski definition) is 4. The van der Waals surface area contributed by atoms with Crippen molar-refractivity contribution in [1.82, 2.24) is 5.32 Å². The molecule has 0 aliphatic heterocycles. The summed E-state index contributed by atoms with van der Waals surface area (Å²) in [6.45, 7) is 0.338. The molecule has 1 unspecified atom stereocenters. The number of carbonyl (C=O) groups excluding carboxylic acids is 2. The second kappa shape index (κ2) is 7.25. The lowest BCUT2D eigenvalue weighted by Gasteiger charge is -2.13. The second-order valence-corrected chi connectivity index (χ2v) is 4.17. The Balaban J connectivity index is 2.80. The molecule has 0 bridgehead atoms. The van der Waals surface area contributed by atoms with Gasteiger partial charge in [0.05, 0.1) is 13.0 Å². The predicted molar refractivity (Wildman–Crippen MR) is 69.9 cm³/mol. The third kappa shape index (κ3) is 4.69. The first-order valence-electron chi connectivity index (χ1n) is 5.84. The van der Waals surface area contributed by atoms with E-state index in [9.17, 15) is 14.4 Å². The monoisotopic (exact) mass is 280 g/mol. The summed E-state index contributed by atoms with van der Waals surface area (Å²) in [4.78, 5) is 33.6. The van der Waals surface area contributed by atoms with E-state index in [4.69, 9.17) is 15.6 Å². The van der Waals surface area contributed by atoms with Crippen molar-refractivity contribution in [2.75, 3.05) is 7.11 Å². The van der Waals surface area contributed by atoms with Crippen molar-refractivity contribution in [3.63, 3.8) is 0 Å². The minimum Gasteiger partial charge on any atom is -0.480 e. The van der Waals surface area contributed by atoms with E-state index < -0.39 is 30.2 Å². The van der Waals surface area contributed by atoms with Crippen LogP contribution >= 0.6 is 0 Å². The first-order chi connectivity index (χ1) is 9.43. The fourth-order valence-electron chi connectivity index (χ4n) is 1.61. The highest BCUT2D eigenvalue weighted by atomic mass is 16.5. The van der Waals surface area contributed by atoms with Gasteiger partial charge >= 0.3 is 5.97 Å². The number of hydrogen-bond donors (Lipinski definition) is 3. The summed E-state index contributed by atoms with van der Waals surface area (Å²) in [6.07, 6.45) is -0.459. The van der Waals surface area contributed by atoms with Crippen molar-refractivity contribution in [2.45, 2.75) is 19.1 Å². The largest absolute Gasteiger partial charge is 0.480 e. The number of nitrogens with two attached hydrogens (primary N) is 1. The number of ether oxygens (including phenoxy) is 1. The molecule has 0 fully saturated rings. The van der Waals surface area contributed by atoms with Crippen LogP contribution in [0.15, 0.2) is 24.3 Å². The first-order valence-corrected chi connectivity index (χ1v) is 5.84. The van der Waals surface area contributed by atoms with E-state index >= 15 is 0 Å². The molecule has 1 rings (SSSR count). The zero-order valence-electron chi connectivity index (χ0n) is 11.0. The van der Waals surface area contributed by atoms with Gasteiger partial charge in [-0.1, -0.05) is 12.1 Å². The molecule has 1 aromatic carbocycles. The molecule has 20 heavy (non-hydrogen) atoms. The fraction of sp³-hybridized carbons (Fsp3) is 0.308. The van der Waals surface area contributed by atoms with Crippen LogP contribution in [-0.4, -0.2) is 36.0 Å². The molecule has 2 amide bonds. The van der Waals surface area contributed by atoms with Crippen molar-refractivity contribution >= 4 is 17.8 Å². The van der Waals surface area contributed by atoms with Gasteiger partial charge in [-0.05, 0) is 17.7 Å². The molecule has 1 atom stereocenters. The Morgan fingerprint density at radius 2 is 2.10 bits per heavy atom. The molecule has 0 saturated heterocycles.